The fraction of sp³-hybridized carbons (Fsp3) is 0.190. The minimum Gasteiger partial charge on any atom is -0.308 e. The van der Waals surface area contributed by atoms with Gasteiger partial charge in [0.25, 0.3) is 0 Å². The Morgan fingerprint density at radius 3 is 2.42 bits per heavy atom. The van der Waals surface area contributed by atoms with Gasteiger partial charge < -0.3 is 10.6 Å². The van der Waals surface area contributed by atoms with Crippen LogP contribution >= 0.6 is 0 Å². The Morgan fingerprint density at radius 1 is 0.875 bits per heavy atom. The molecule has 0 radical (unpaired) electrons. The summed E-state index contributed by atoms with van der Waals surface area (Å²) >= 11 is 0. The molecule has 0 bridgehead atoms. The summed E-state index contributed by atoms with van der Waals surface area (Å²) in [7, 11) is 0. The predicted molar refractivity (Wildman–Crippen MR) is 102 cm³/mol. The topological polar surface area (TPSA) is 41.1 Å². The number of carbonyl (C=O) groups is 1. The Bertz CT molecular complexity index is 819. The highest BCUT2D eigenvalue weighted by atomic mass is 16.2. The number of hydrogen-bond donors (Lipinski definition) is 2. The van der Waals surface area contributed by atoms with Crippen molar-refractivity contribution in [3.05, 3.63) is 72.3 Å². The van der Waals surface area contributed by atoms with Crippen molar-refractivity contribution in [2.24, 2.45) is 0 Å². The summed E-state index contributed by atoms with van der Waals surface area (Å²) in [5.41, 5.74) is 2.91. The number of amides is 2. The van der Waals surface area contributed by atoms with Crippen LogP contribution in [0.1, 0.15) is 25.3 Å². The Kier molecular flexibility index (Phi) is 5.12. The van der Waals surface area contributed by atoms with Gasteiger partial charge in [0.2, 0.25) is 0 Å². The van der Waals surface area contributed by atoms with E-state index in [2.05, 4.69) is 29.7 Å². The van der Waals surface area contributed by atoms with Crippen LogP contribution in [-0.4, -0.2) is 6.03 Å². The van der Waals surface area contributed by atoms with Gasteiger partial charge in [-0.05, 0) is 42.0 Å². The van der Waals surface area contributed by atoms with E-state index in [-0.39, 0.29) is 6.03 Å². The molecule has 0 unspecified atom stereocenters. The monoisotopic (exact) mass is 318 g/mol. The van der Waals surface area contributed by atoms with Crippen LogP contribution in [0.15, 0.2) is 66.7 Å². The molecule has 3 aromatic rings. The Labute approximate surface area is 142 Å². The third-order valence-electron chi connectivity index (χ3n) is 4.07. The predicted octanol–water partition coefficient (Wildman–Crippen LogP) is 5.83. The summed E-state index contributed by atoms with van der Waals surface area (Å²) in [6.07, 6.45) is 3.46. The van der Waals surface area contributed by atoms with E-state index in [1.165, 1.54) is 18.4 Å². The zero-order valence-electron chi connectivity index (χ0n) is 13.9. The van der Waals surface area contributed by atoms with Crippen molar-refractivity contribution < 1.29 is 4.79 Å². The highest BCUT2D eigenvalue weighted by Gasteiger charge is 2.05. The number of unbranched alkanes of at least 4 members (excludes halogenated alkanes) is 1. The van der Waals surface area contributed by atoms with Gasteiger partial charge in [0.15, 0.2) is 0 Å². The van der Waals surface area contributed by atoms with Crippen LogP contribution in [0, 0.1) is 0 Å². The molecule has 0 heterocycles. The fourth-order valence-corrected chi connectivity index (χ4v) is 2.75. The van der Waals surface area contributed by atoms with Crippen molar-refractivity contribution in [1.29, 1.82) is 0 Å². The number of anilines is 2. The average molecular weight is 318 g/mol. The molecule has 2 N–H and O–H groups in total. The summed E-state index contributed by atoms with van der Waals surface area (Å²) in [6, 6.07) is 21.7. The maximum absolute atomic E-state index is 12.3. The highest BCUT2D eigenvalue weighted by Crippen LogP contribution is 2.23. The molecule has 0 aliphatic carbocycles. The first-order valence-corrected chi connectivity index (χ1v) is 8.41. The van der Waals surface area contributed by atoms with E-state index in [0.717, 1.165) is 28.6 Å². The molecule has 0 fully saturated rings. The van der Waals surface area contributed by atoms with E-state index in [1.54, 1.807) is 0 Å². The van der Waals surface area contributed by atoms with Crippen molar-refractivity contribution in [3.8, 4) is 0 Å². The second-order valence-corrected chi connectivity index (χ2v) is 5.91. The van der Waals surface area contributed by atoms with Crippen molar-refractivity contribution >= 4 is 28.2 Å². The number of hydrogen-bond acceptors (Lipinski definition) is 1. The molecule has 0 aliphatic heterocycles. The van der Waals surface area contributed by atoms with Crippen LogP contribution in [0.3, 0.4) is 0 Å². The molecule has 0 spiro atoms. The van der Waals surface area contributed by atoms with Crippen LogP contribution < -0.4 is 10.6 Å². The first-order valence-electron chi connectivity index (χ1n) is 8.41. The quantitative estimate of drug-likeness (QED) is 0.611. The molecule has 3 rings (SSSR count). The van der Waals surface area contributed by atoms with Gasteiger partial charge in [0.1, 0.15) is 0 Å². The van der Waals surface area contributed by atoms with Crippen molar-refractivity contribution in [2.45, 2.75) is 26.2 Å². The molecule has 0 atom stereocenters. The van der Waals surface area contributed by atoms with Gasteiger partial charge in [-0.1, -0.05) is 61.9 Å². The Morgan fingerprint density at radius 2 is 1.62 bits per heavy atom. The lowest BCUT2D eigenvalue weighted by molar-refractivity contribution is 0.262. The lowest BCUT2D eigenvalue weighted by Crippen LogP contribution is -2.19. The van der Waals surface area contributed by atoms with Crippen molar-refractivity contribution in [2.75, 3.05) is 10.6 Å². The highest BCUT2D eigenvalue weighted by molar-refractivity contribution is 6.06. The summed E-state index contributed by atoms with van der Waals surface area (Å²) in [6.45, 7) is 2.19. The zero-order chi connectivity index (χ0) is 16.8. The van der Waals surface area contributed by atoms with E-state index in [1.807, 2.05) is 54.6 Å². The second-order valence-electron chi connectivity index (χ2n) is 5.91. The molecule has 3 nitrogen and oxygen atoms in total. The molecule has 122 valence electrons. The number of aryl methyl sites for hydroxylation is 1. The molecule has 0 aromatic heterocycles. The van der Waals surface area contributed by atoms with E-state index < -0.39 is 0 Å². The first-order chi connectivity index (χ1) is 11.8. The molecule has 0 saturated heterocycles. The largest absolute Gasteiger partial charge is 0.323 e. The maximum atomic E-state index is 12.3. The van der Waals surface area contributed by atoms with Gasteiger partial charge in [-0.15, -0.1) is 0 Å². The zero-order valence-corrected chi connectivity index (χ0v) is 13.9. The van der Waals surface area contributed by atoms with E-state index in [0.29, 0.717) is 0 Å². The number of rotatable bonds is 5. The number of benzene rings is 3. The lowest BCUT2D eigenvalue weighted by Gasteiger charge is -2.10. The number of urea groups is 1. The summed E-state index contributed by atoms with van der Waals surface area (Å²) < 4.78 is 0. The number of fused-ring (bicyclic) bond motifs is 1. The molecule has 0 saturated carbocycles. The van der Waals surface area contributed by atoms with Gasteiger partial charge in [-0.25, -0.2) is 4.79 Å². The van der Waals surface area contributed by atoms with E-state index >= 15 is 0 Å². The molecular weight excluding hydrogens is 296 g/mol. The molecular formula is C21H22N2O. The van der Waals surface area contributed by atoms with E-state index in [9.17, 15) is 4.79 Å². The second kappa shape index (κ2) is 7.64. The SMILES string of the molecule is CCCCc1ccc(NC(=O)Nc2cccc3ccccc23)cc1. The van der Waals surface area contributed by atoms with Crippen molar-refractivity contribution in [1.82, 2.24) is 0 Å². The molecule has 0 aliphatic rings. The molecule has 24 heavy (non-hydrogen) atoms. The van der Waals surface area contributed by atoms with Gasteiger partial charge in [0, 0.05) is 11.1 Å². The number of carbonyl (C=O) groups excluding carboxylic acids is 1. The lowest BCUT2D eigenvalue weighted by atomic mass is 10.1. The van der Waals surface area contributed by atoms with Crippen molar-refractivity contribution in [3.63, 3.8) is 0 Å². The summed E-state index contributed by atoms with van der Waals surface area (Å²) in [4.78, 5) is 12.3. The van der Waals surface area contributed by atoms with Gasteiger partial charge in [-0.3, -0.25) is 0 Å². The normalized spacial score (nSPS) is 10.5. The first kappa shape index (κ1) is 16.1. The third-order valence-corrected chi connectivity index (χ3v) is 4.07. The van der Waals surface area contributed by atoms with Crippen LogP contribution in [0.5, 0.6) is 0 Å². The fourth-order valence-electron chi connectivity index (χ4n) is 2.75. The van der Waals surface area contributed by atoms with Crippen LogP contribution in [-0.2, 0) is 6.42 Å². The maximum Gasteiger partial charge on any atom is 0.323 e. The van der Waals surface area contributed by atoms with E-state index in [4.69, 9.17) is 0 Å². The smallest absolute Gasteiger partial charge is 0.308 e. The Hall–Kier alpha value is -2.81. The van der Waals surface area contributed by atoms with Crippen LogP contribution in [0.4, 0.5) is 16.2 Å². The molecule has 3 aromatic carbocycles. The summed E-state index contributed by atoms with van der Waals surface area (Å²) in [5, 5.41) is 7.96. The average Bonchev–Trinajstić information content (AvgIpc) is 2.61. The molecule has 2 amide bonds. The summed E-state index contributed by atoms with van der Waals surface area (Å²) in [5.74, 6) is 0. The standard InChI is InChI=1S/C21H22N2O/c1-2-3-7-16-12-14-18(15-13-16)22-21(24)23-20-11-6-9-17-8-4-5-10-19(17)20/h4-6,8-15H,2-3,7H2,1H3,(H2,22,23,24). The number of nitrogens with one attached hydrogen (secondary N) is 2. The van der Waals surface area contributed by atoms with Gasteiger partial charge in [-0.2, -0.15) is 0 Å². The van der Waals surface area contributed by atoms with Crippen LogP contribution in [0.25, 0.3) is 10.8 Å². The minimum absolute atomic E-state index is 0.229. The van der Waals surface area contributed by atoms with Gasteiger partial charge in [0.05, 0.1) is 5.69 Å². The van der Waals surface area contributed by atoms with Crippen LogP contribution in [0.2, 0.25) is 0 Å². The minimum atomic E-state index is -0.229. The molecule has 3 heteroatoms. The van der Waals surface area contributed by atoms with Gasteiger partial charge >= 0.3 is 6.03 Å². The third kappa shape index (κ3) is 3.93. The Balaban J connectivity index is 1.67.